The molecule has 0 saturated carbocycles. The van der Waals surface area contributed by atoms with Crippen molar-refractivity contribution < 1.29 is 18.0 Å². The van der Waals surface area contributed by atoms with Crippen molar-refractivity contribution in [3.05, 3.63) is 53.9 Å². The Bertz CT molecular complexity index is 1140. The molecule has 3 aliphatic heterocycles. The first-order valence-electron chi connectivity index (χ1n) is 14.6. The Kier molecular flexibility index (Phi) is 9.56. The summed E-state index contributed by atoms with van der Waals surface area (Å²) in [4.78, 5) is 23.2. The van der Waals surface area contributed by atoms with Crippen LogP contribution in [0.1, 0.15) is 65.1 Å². The predicted molar refractivity (Wildman–Crippen MR) is 159 cm³/mol. The fourth-order valence-corrected chi connectivity index (χ4v) is 6.45. The Labute approximate surface area is 243 Å². The molecule has 1 aromatic heterocycles. The lowest BCUT2D eigenvalue weighted by molar-refractivity contribution is -0.141. The fraction of sp³-hybridized carbons (Fsp3) is 0.625. The number of likely N-dealkylation sites (tertiary alicyclic amines) is 2. The van der Waals surface area contributed by atoms with Gasteiger partial charge >= 0.3 is 6.18 Å². The minimum Gasteiger partial charge on any atom is -0.382 e. The SMILES string of the molecule is C.CC(C)(C)c1ccc(N2CC3CN(CCCC(=O)N4CCC(Nc5ccnc(C(F)(F)F)c5)CC4)CC3C2)cc1. The molecule has 2 aromatic rings. The maximum Gasteiger partial charge on any atom is 0.433 e. The summed E-state index contributed by atoms with van der Waals surface area (Å²) in [6.07, 6.45) is -0.415. The molecule has 0 spiro atoms. The third kappa shape index (κ3) is 7.73. The Morgan fingerprint density at radius 3 is 2.20 bits per heavy atom. The third-order valence-corrected chi connectivity index (χ3v) is 8.79. The summed E-state index contributed by atoms with van der Waals surface area (Å²) in [5.41, 5.74) is 2.39. The first-order valence-corrected chi connectivity index (χ1v) is 14.6. The number of anilines is 2. The average Bonchev–Trinajstić information content (AvgIpc) is 3.47. The minimum absolute atomic E-state index is 0. The van der Waals surface area contributed by atoms with E-state index in [4.69, 9.17) is 0 Å². The Hall–Kier alpha value is -2.81. The van der Waals surface area contributed by atoms with Crippen LogP contribution in [-0.4, -0.2) is 72.5 Å². The largest absolute Gasteiger partial charge is 0.433 e. The summed E-state index contributed by atoms with van der Waals surface area (Å²) in [6.45, 7) is 13.4. The molecule has 2 unspecified atom stereocenters. The molecule has 0 aliphatic carbocycles. The summed E-state index contributed by atoms with van der Waals surface area (Å²) in [5.74, 6) is 1.57. The number of benzene rings is 1. The molecule has 9 heteroatoms. The fourth-order valence-electron chi connectivity index (χ4n) is 6.45. The molecule has 4 heterocycles. The maximum atomic E-state index is 12.9. The molecule has 5 rings (SSSR count). The maximum absolute atomic E-state index is 12.9. The highest BCUT2D eigenvalue weighted by molar-refractivity contribution is 5.76. The topological polar surface area (TPSA) is 51.7 Å². The summed E-state index contributed by atoms with van der Waals surface area (Å²) in [5, 5.41) is 3.19. The normalized spacial score (nSPS) is 22.0. The minimum atomic E-state index is -4.46. The molecule has 226 valence electrons. The van der Waals surface area contributed by atoms with Gasteiger partial charge in [0.25, 0.3) is 0 Å². The number of carbonyl (C=O) groups excluding carboxylic acids is 1. The van der Waals surface area contributed by atoms with Crippen LogP contribution >= 0.6 is 0 Å². The molecule has 3 saturated heterocycles. The van der Waals surface area contributed by atoms with E-state index in [1.54, 1.807) is 6.07 Å². The van der Waals surface area contributed by atoms with Crippen LogP contribution in [0.2, 0.25) is 0 Å². The van der Waals surface area contributed by atoms with Crippen LogP contribution in [-0.2, 0) is 16.4 Å². The number of halogens is 3. The second-order valence-electron chi connectivity index (χ2n) is 12.8. The Balaban J connectivity index is 0.00000387. The third-order valence-electron chi connectivity index (χ3n) is 8.79. The zero-order valence-corrected chi connectivity index (χ0v) is 23.9. The van der Waals surface area contributed by atoms with Crippen LogP contribution in [0, 0.1) is 11.8 Å². The van der Waals surface area contributed by atoms with Gasteiger partial charge in [-0.25, -0.2) is 0 Å². The zero-order valence-electron chi connectivity index (χ0n) is 23.9. The number of pyridine rings is 1. The van der Waals surface area contributed by atoms with E-state index < -0.39 is 11.9 Å². The first kappa shape index (κ1) is 31.1. The lowest BCUT2D eigenvalue weighted by Gasteiger charge is -2.33. The number of nitrogens with one attached hydrogen (secondary N) is 1. The second-order valence-corrected chi connectivity index (χ2v) is 12.8. The van der Waals surface area contributed by atoms with Gasteiger partial charge in [0.05, 0.1) is 0 Å². The number of aromatic nitrogens is 1. The number of nitrogens with zero attached hydrogens (tertiary/aromatic N) is 4. The van der Waals surface area contributed by atoms with Gasteiger partial charge in [-0.1, -0.05) is 40.3 Å². The molecule has 2 atom stereocenters. The molecule has 0 bridgehead atoms. The number of hydrogen-bond donors (Lipinski definition) is 1. The number of piperidine rings is 1. The van der Waals surface area contributed by atoms with Crippen LogP contribution in [0.3, 0.4) is 0 Å². The second kappa shape index (κ2) is 12.6. The van der Waals surface area contributed by atoms with Crippen LogP contribution in [0.15, 0.2) is 42.6 Å². The summed E-state index contributed by atoms with van der Waals surface area (Å²) < 4.78 is 38.8. The molecule has 1 amide bonds. The van der Waals surface area contributed by atoms with E-state index in [-0.39, 0.29) is 24.8 Å². The van der Waals surface area contributed by atoms with Gasteiger partial charge in [0.2, 0.25) is 5.91 Å². The molecular formula is C32H46F3N5O. The van der Waals surface area contributed by atoms with Gasteiger partial charge in [-0.3, -0.25) is 9.78 Å². The summed E-state index contributed by atoms with van der Waals surface area (Å²) in [6, 6.07) is 11.7. The molecule has 1 aromatic carbocycles. The highest BCUT2D eigenvalue weighted by Gasteiger charge is 2.40. The van der Waals surface area contributed by atoms with Crippen molar-refractivity contribution in [2.24, 2.45) is 11.8 Å². The van der Waals surface area contributed by atoms with E-state index >= 15 is 0 Å². The van der Waals surface area contributed by atoms with Gasteiger partial charge < -0.3 is 20.0 Å². The molecule has 1 N–H and O–H groups in total. The number of fused-ring (bicyclic) bond motifs is 1. The van der Waals surface area contributed by atoms with Gasteiger partial charge in [0.15, 0.2) is 0 Å². The number of alkyl halides is 3. The monoisotopic (exact) mass is 573 g/mol. The standard InChI is InChI=1S/C31H42F3N5O.CH4/c1-30(2,3)24-6-8-27(9-7-24)39-20-22-18-37(19-23(22)21-39)14-4-5-29(40)38-15-11-25(12-16-38)36-26-10-13-35-28(17-26)31(32,33)34;/h6-10,13,17,22-23,25H,4-5,11-12,14-16,18-21H2,1-3H3,(H,35,36);1H4. The number of rotatable bonds is 7. The van der Waals surface area contributed by atoms with Gasteiger partial charge in [-0.15, -0.1) is 0 Å². The van der Waals surface area contributed by atoms with Crippen molar-refractivity contribution in [2.45, 2.75) is 71.5 Å². The van der Waals surface area contributed by atoms with Crippen LogP contribution in [0.4, 0.5) is 24.5 Å². The quantitative estimate of drug-likeness (QED) is 0.422. The van der Waals surface area contributed by atoms with E-state index in [2.05, 4.69) is 65.1 Å². The van der Waals surface area contributed by atoms with Crippen LogP contribution in [0.25, 0.3) is 0 Å². The highest BCUT2D eigenvalue weighted by atomic mass is 19.4. The van der Waals surface area contributed by atoms with E-state index in [1.165, 1.54) is 17.4 Å². The predicted octanol–water partition coefficient (Wildman–Crippen LogP) is 6.29. The number of amides is 1. The van der Waals surface area contributed by atoms with Crippen molar-refractivity contribution in [1.29, 1.82) is 0 Å². The smallest absolute Gasteiger partial charge is 0.382 e. The summed E-state index contributed by atoms with van der Waals surface area (Å²) in [7, 11) is 0. The van der Waals surface area contributed by atoms with Crippen LogP contribution < -0.4 is 10.2 Å². The van der Waals surface area contributed by atoms with E-state index in [0.29, 0.717) is 37.0 Å². The van der Waals surface area contributed by atoms with Crippen molar-refractivity contribution in [3.8, 4) is 0 Å². The molecular weight excluding hydrogens is 527 g/mol. The van der Waals surface area contributed by atoms with E-state index in [0.717, 1.165) is 58.1 Å². The average molecular weight is 574 g/mol. The van der Waals surface area contributed by atoms with Gasteiger partial charge in [-0.2, -0.15) is 13.2 Å². The Morgan fingerprint density at radius 2 is 1.61 bits per heavy atom. The number of carbonyl (C=O) groups is 1. The zero-order chi connectivity index (χ0) is 28.5. The van der Waals surface area contributed by atoms with Gasteiger partial charge in [-0.05, 0) is 72.9 Å². The molecule has 0 radical (unpaired) electrons. The number of hydrogen-bond acceptors (Lipinski definition) is 5. The van der Waals surface area contributed by atoms with Crippen LogP contribution in [0.5, 0.6) is 0 Å². The van der Waals surface area contributed by atoms with Crippen molar-refractivity contribution in [1.82, 2.24) is 14.8 Å². The van der Waals surface area contributed by atoms with Gasteiger partial charge in [0.1, 0.15) is 5.69 Å². The first-order chi connectivity index (χ1) is 19.0. The van der Waals surface area contributed by atoms with Gasteiger partial charge in [0, 0.05) is 69.3 Å². The molecule has 6 nitrogen and oxygen atoms in total. The Morgan fingerprint density at radius 1 is 0.976 bits per heavy atom. The van der Waals surface area contributed by atoms with E-state index in [9.17, 15) is 18.0 Å². The lowest BCUT2D eigenvalue weighted by atomic mass is 9.87. The molecule has 3 aliphatic rings. The molecule has 41 heavy (non-hydrogen) atoms. The van der Waals surface area contributed by atoms with Crippen molar-refractivity contribution >= 4 is 17.3 Å². The summed E-state index contributed by atoms with van der Waals surface area (Å²) >= 11 is 0. The molecule has 3 fully saturated rings. The van der Waals surface area contributed by atoms with E-state index in [1.807, 2.05) is 4.90 Å². The van der Waals surface area contributed by atoms with Crippen molar-refractivity contribution in [2.75, 3.05) is 56.0 Å². The van der Waals surface area contributed by atoms with Crippen molar-refractivity contribution in [3.63, 3.8) is 0 Å². The highest BCUT2D eigenvalue weighted by Crippen LogP contribution is 2.35. The lowest BCUT2D eigenvalue weighted by Crippen LogP contribution is -2.42.